The number of carboxylic acids is 3. The Morgan fingerprint density at radius 2 is 0.895 bits per heavy atom. The molecule has 0 aromatic heterocycles. The van der Waals surface area contributed by atoms with Crippen LogP contribution in [0.15, 0.2) is 24.3 Å². The summed E-state index contributed by atoms with van der Waals surface area (Å²) in [5.41, 5.74) is 22.1. The number of carbonyl (C=O) groups excluding carboxylic acids is 11. The van der Waals surface area contributed by atoms with Crippen molar-refractivity contribution in [2.24, 2.45) is 40.7 Å². The van der Waals surface area contributed by atoms with Crippen molar-refractivity contribution < 1.29 is 92.7 Å². The third kappa shape index (κ3) is 27.9. The second kappa shape index (κ2) is 37.7. The molecule has 86 heavy (non-hydrogen) atoms. The molecule has 32 heteroatoms. The van der Waals surface area contributed by atoms with E-state index in [4.69, 9.17) is 22.9 Å². The van der Waals surface area contributed by atoms with Gasteiger partial charge >= 0.3 is 17.9 Å². The molecular weight excluding hydrogens is 1130 g/mol. The highest BCUT2D eigenvalue weighted by Crippen LogP contribution is 2.16. The fourth-order valence-electron chi connectivity index (χ4n) is 8.34. The zero-order valence-electron chi connectivity index (χ0n) is 49.3. The lowest BCUT2D eigenvalue weighted by Crippen LogP contribution is -2.62. The van der Waals surface area contributed by atoms with Crippen LogP contribution in [0.2, 0.25) is 0 Å². The Hall–Kier alpha value is -8.52. The summed E-state index contributed by atoms with van der Waals surface area (Å²) in [6.45, 7) is 11.0. The van der Waals surface area contributed by atoms with E-state index in [9.17, 15) is 92.7 Å². The molecule has 0 unspecified atom stereocenters. The van der Waals surface area contributed by atoms with E-state index in [1.54, 1.807) is 34.6 Å². The van der Waals surface area contributed by atoms with Gasteiger partial charge in [-0.3, -0.25) is 62.3 Å². The van der Waals surface area contributed by atoms with Crippen molar-refractivity contribution >= 4 is 82.9 Å². The summed E-state index contributed by atoms with van der Waals surface area (Å²) < 4.78 is 0. The summed E-state index contributed by atoms with van der Waals surface area (Å²) in [5.74, 6) is -18.0. The van der Waals surface area contributed by atoms with Gasteiger partial charge < -0.3 is 96.3 Å². The molecule has 32 nitrogen and oxygen atoms in total. The summed E-state index contributed by atoms with van der Waals surface area (Å²) in [7, 11) is 0. The summed E-state index contributed by atoms with van der Waals surface area (Å²) in [6.07, 6.45) is -5.73. The molecule has 1 aromatic carbocycles. The number of phenolic OH excluding ortho intramolecular Hbond substituents is 1. The van der Waals surface area contributed by atoms with Crippen molar-refractivity contribution in [2.45, 2.75) is 192 Å². The lowest BCUT2D eigenvalue weighted by atomic mass is 9.96. The molecule has 11 amide bonds. The average molecular weight is 1220 g/mol. The zero-order valence-corrected chi connectivity index (χ0v) is 49.3. The third-order valence-electron chi connectivity index (χ3n) is 13.4. The number of unbranched alkanes of at least 4 members (excludes halogenated alkanes) is 1. The maximum Gasteiger partial charge on any atom is 0.326 e. The van der Waals surface area contributed by atoms with Gasteiger partial charge in [-0.25, -0.2) is 4.79 Å². The topological polar surface area (TPSA) is 552 Å². The van der Waals surface area contributed by atoms with Crippen LogP contribution in [-0.2, 0) is 73.5 Å². The second-order valence-corrected chi connectivity index (χ2v) is 21.6. The van der Waals surface area contributed by atoms with Crippen LogP contribution in [0.1, 0.15) is 125 Å². The fourth-order valence-corrected chi connectivity index (χ4v) is 8.34. The molecule has 0 aliphatic rings. The number of hydrogen-bond donors (Lipinski definition) is 18. The number of carboxylic acid groups (broad SMARTS) is 3. The molecule has 0 heterocycles. The van der Waals surface area contributed by atoms with Crippen molar-refractivity contribution in [1.82, 2.24) is 47.9 Å². The van der Waals surface area contributed by atoms with Crippen LogP contribution in [-0.4, -0.2) is 181 Å². The standard InChI is InChI=1S/C54H87N13O19/c1-8-27(6)43(52(83)61-33(16-18-40(72)73)46(77)59-32(11-9-10-20-55)47(78)65-42(26(4)5)51(82)64-37(54(85)86)21-25(2)3)66-48(79)34(17-19-41(74)75)60-49(80)35(22-29-12-14-30(69)15-13-29)62-50(81)36(24-39(58)71)63-53(84)44(28(7)68)67-45(76)31(56)23-38(57)70/h12-15,25-28,31-37,42-44,68-69H,8-11,16-24,55-56H2,1-7H3,(H2,57,70)(H2,58,71)(H,59,77)(H,60,80)(H,61,83)(H,62,81)(H,63,84)(H,64,82)(H,65,78)(H,66,79)(H,67,76)(H,72,73)(H,74,75)(H,85,86)/t27-,28+,31-,32-,33-,34-,35-,36-,37-,42-,43-,44-/m0/s1. The normalized spacial score (nSPS) is 15.3. The number of primary amides is 2. The van der Waals surface area contributed by atoms with E-state index in [1.807, 2.05) is 0 Å². The summed E-state index contributed by atoms with van der Waals surface area (Å²) >= 11 is 0. The quantitative estimate of drug-likeness (QED) is 0.0275. The number of aromatic hydroxyl groups is 1. The minimum atomic E-state index is -1.95. The van der Waals surface area contributed by atoms with Crippen LogP contribution in [0.25, 0.3) is 0 Å². The molecule has 1 aromatic rings. The first-order valence-electron chi connectivity index (χ1n) is 28.0. The fraction of sp³-hybridized carbons (Fsp3) is 0.630. The molecule has 482 valence electrons. The molecule has 12 atom stereocenters. The van der Waals surface area contributed by atoms with E-state index in [-0.39, 0.29) is 49.5 Å². The Morgan fingerprint density at radius 1 is 0.488 bits per heavy atom. The predicted octanol–water partition coefficient (Wildman–Crippen LogP) is -4.55. The highest BCUT2D eigenvalue weighted by molar-refractivity contribution is 6.00. The van der Waals surface area contributed by atoms with Gasteiger partial charge in [0.05, 0.1) is 25.0 Å². The van der Waals surface area contributed by atoms with Gasteiger partial charge in [-0.15, -0.1) is 0 Å². The summed E-state index contributed by atoms with van der Waals surface area (Å²) in [4.78, 5) is 184. The van der Waals surface area contributed by atoms with Crippen molar-refractivity contribution in [3.05, 3.63) is 29.8 Å². The van der Waals surface area contributed by atoms with Crippen LogP contribution in [0, 0.1) is 17.8 Å². The minimum Gasteiger partial charge on any atom is -0.508 e. The highest BCUT2D eigenvalue weighted by Gasteiger charge is 2.38. The molecule has 0 aliphatic heterocycles. The van der Waals surface area contributed by atoms with Gasteiger partial charge in [0.25, 0.3) is 0 Å². The Bertz CT molecular complexity index is 2530. The molecule has 22 N–H and O–H groups in total. The molecule has 1 rings (SSSR count). The Labute approximate surface area is 496 Å². The van der Waals surface area contributed by atoms with Crippen molar-refractivity contribution in [2.75, 3.05) is 6.54 Å². The van der Waals surface area contributed by atoms with E-state index in [0.29, 0.717) is 6.42 Å². The third-order valence-corrected chi connectivity index (χ3v) is 13.4. The molecular formula is C54H87N13O19. The first-order chi connectivity index (χ1) is 40.1. The van der Waals surface area contributed by atoms with E-state index >= 15 is 0 Å². The van der Waals surface area contributed by atoms with Gasteiger partial charge in [-0.05, 0) is 87.4 Å². The lowest BCUT2D eigenvalue weighted by molar-refractivity contribution is -0.143. The van der Waals surface area contributed by atoms with Crippen LogP contribution in [0.5, 0.6) is 5.75 Å². The lowest BCUT2D eigenvalue weighted by Gasteiger charge is -2.30. The molecule has 0 fully saturated rings. The summed E-state index contributed by atoms with van der Waals surface area (Å²) in [5, 5.41) is 70.9. The van der Waals surface area contributed by atoms with Gasteiger partial charge in [-0.1, -0.05) is 60.1 Å². The van der Waals surface area contributed by atoms with Crippen LogP contribution in [0.3, 0.4) is 0 Å². The Balaban J connectivity index is 3.73. The van der Waals surface area contributed by atoms with Gasteiger partial charge in [0.15, 0.2) is 0 Å². The van der Waals surface area contributed by atoms with Crippen LogP contribution >= 0.6 is 0 Å². The number of rotatable bonds is 41. The number of benzene rings is 1. The number of carbonyl (C=O) groups is 14. The second-order valence-electron chi connectivity index (χ2n) is 21.6. The molecule has 0 spiro atoms. The molecule has 0 saturated carbocycles. The van der Waals surface area contributed by atoms with Crippen molar-refractivity contribution in [1.29, 1.82) is 0 Å². The highest BCUT2D eigenvalue weighted by atomic mass is 16.4. The molecule has 0 radical (unpaired) electrons. The SMILES string of the molecule is CC[C@H](C)[C@H](NC(=O)[C@H](CCC(=O)O)NC(=O)[C@H](Cc1ccc(O)cc1)NC(=O)[C@H](CC(N)=O)NC(=O)[C@@H](NC(=O)[C@@H](N)CC(N)=O)[C@@H](C)O)C(=O)N[C@@H](CCC(=O)O)C(=O)N[C@@H](CCCCN)C(=O)N[C@H](C(=O)N[C@@H](CC(C)C)C(=O)O)C(C)C. The average Bonchev–Trinajstić information content (AvgIpc) is 3.56. The molecule has 0 aliphatic carbocycles. The van der Waals surface area contributed by atoms with Gasteiger partial charge in [0.1, 0.15) is 60.1 Å². The van der Waals surface area contributed by atoms with E-state index < -0.39 is 206 Å². The predicted molar refractivity (Wildman–Crippen MR) is 304 cm³/mol. The van der Waals surface area contributed by atoms with Gasteiger partial charge in [-0.2, -0.15) is 0 Å². The van der Waals surface area contributed by atoms with Crippen LogP contribution in [0.4, 0.5) is 0 Å². The van der Waals surface area contributed by atoms with Crippen molar-refractivity contribution in [3.63, 3.8) is 0 Å². The van der Waals surface area contributed by atoms with Crippen LogP contribution < -0.4 is 70.8 Å². The molecule has 0 bridgehead atoms. The summed E-state index contributed by atoms with van der Waals surface area (Å²) in [6, 6.07) is -11.2. The van der Waals surface area contributed by atoms with Gasteiger partial charge in [0.2, 0.25) is 65.0 Å². The van der Waals surface area contributed by atoms with E-state index in [1.165, 1.54) is 31.2 Å². The van der Waals surface area contributed by atoms with E-state index in [0.717, 1.165) is 6.92 Å². The number of nitrogens with two attached hydrogens (primary N) is 4. The largest absolute Gasteiger partial charge is 0.508 e. The first-order valence-corrected chi connectivity index (χ1v) is 28.0. The number of aliphatic hydroxyl groups is 1. The number of hydrogen-bond acceptors (Lipinski definition) is 18. The number of phenols is 1. The Kier molecular flexibility index (Phi) is 33.1. The number of amides is 11. The number of aliphatic carboxylic acids is 3. The number of aliphatic hydroxyl groups excluding tert-OH is 1. The molecule has 0 saturated heterocycles. The monoisotopic (exact) mass is 1220 g/mol. The smallest absolute Gasteiger partial charge is 0.326 e. The maximum absolute atomic E-state index is 14.4. The number of nitrogens with one attached hydrogen (secondary N) is 9. The first kappa shape index (κ1) is 75.5. The maximum atomic E-state index is 14.4. The Morgan fingerprint density at radius 3 is 1.35 bits per heavy atom. The van der Waals surface area contributed by atoms with Gasteiger partial charge in [0, 0.05) is 19.3 Å². The zero-order chi connectivity index (χ0) is 65.7. The van der Waals surface area contributed by atoms with Crippen molar-refractivity contribution in [3.8, 4) is 5.75 Å². The minimum absolute atomic E-state index is 0.0733. The van der Waals surface area contributed by atoms with E-state index in [2.05, 4.69) is 47.9 Å².